The Labute approximate surface area is 104 Å². The summed E-state index contributed by atoms with van der Waals surface area (Å²) in [6.45, 7) is -0.542. The molecule has 3 N–H and O–H groups in total. The largest absolute Gasteiger partial charge is 0.395 e. The first-order valence-corrected chi connectivity index (χ1v) is 6.36. The maximum atomic E-state index is 12.1. The first-order valence-electron chi connectivity index (χ1n) is 4.92. The highest BCUT2D eigenvalue weighted by molar-refractivity contribution is 7.89. The van der Waals surface area contributed by atoms with Gasteiger partial charge in [-0.1, -0.05) is 6.07 Å². The molecule has 100 valence electrons. The average Bonchev–Trinajstić information content (AvgIpc) is 2.28. The van der Waals surface area contributed by atoms with E-state index in [-0.39, 0.29) is 18.8 Å². The van der Waals surface area contributed by atoms with Crippen molar-refractivity contribution in [2.24, 2.45) is 0 Å². The SMILES string of the molecule is CN(CCO)S(=O)(=O)c1cccc(N)c1[N+](=O)[O-]. The molecule has 0 saturated heterocycles. The van der Waals surface area contributed by atoms with Crippen LogP contribution in [-0.4, -0.2) is 43.0 Å². The number of nitro groups is 1. The van der Waals surface area contributed by atoms with Crippen LogP contribution in [0.25, 0.3) is 0 Å². The summed E-state index contributed by atoms with van der Waals surface area (Å²) in [6, 6.07) is 3.68. The van der Waals surface area contributed by atoms with Gasteiger partial charge in [0.1, 0.15) is 5.69 Å². The van der Waals surface area contributed by atoms with E-state index < -0.39 is 25.5 Å². The average molecular weight is 275 g/mol. The van der Waals surface area contributed by atoms with Gasteiger partial charge in [-0.3, -0.25) is 10.1 Å². The molecule has 0 aliphatic heterocycles. The molecule has 0 atom stereocenters. The molecule has 0 amide bonds. The van der Waals surface area contributed by atoms with Crippen molar-refractivity contribution in [1.82, 2.24) is 4.31 Å². The van der Waals surface area contributed by atoms with Crippen LogP contribution < -0.4 is 5.73 Å². The third kappa shape index (κ3) is 2.58. The molecule has 0 aromatic heterocycles. The molecule has 1 rings (SSSR count). The third-order valence-electron chi connectivity index (χ3n) is 2.32. The zero-order valence-corrected chi connectivity index (χ0v) is 10.4. The van der Waals surface area contributed by atoms with Crippen LogP contribution in [0.4, 0.5) is 11.4 Å². The number of hydrogen-bond acceptors (Lipinski definition) is 6. The number of benzene rings is 1. The number of hydrogen-bond donors (Lipinski definition) is 2. The number of anilines is 1. The Kier molecular flexibility index (Phi) is 4.22. The predicted molar refractivity (Wildman–Crippen MR) is 64.4 cm³/mol. The van der Waals surface area contributed by atoms with Crippen LogP contribution in [0.15, 0.2) is 23.1 Å². The topological polar surface area (TPSA) is 127 Å². The fourth-order valence-electron chi connectivity index (χ4n) is 1.37. The van der Waals surface area contributed by atoms with Crippen molar-refractivity contribution in [3.05, 3.63) is 28.3 Å². The highest BCUT2D eigenvalue weighted by Crippen LogP contribution is 2.31. The number of sulfonamides is 1. The molecule has 0 spiro atoms. The maximum Gasteiger partial charge on any atom is 0.312 e. The molecule has 1 aromatic carbocycles. The van der Waals surface area contributed by atoms with E-state index in [4.69, 9.17) is 10.8 Å². The lowest BCUT2D eigenvalue weighted by atomic mass is 10.3. The normalized spacial score (nSPS) is 11.7. The molecule has 0 aliphatic carbocycles. The highest BCUT2D eigenvalue weighted by Gasteiger charge is 2.30. The van der Waals surface area contributed by atoms with Crippen molar-refractivity contribution >= 4 is 21.4 Å². The van der Waals surface area contributed by atoms with E-state index in [1.165, 1.54) is 19.2 Å². The second-order valence-corrected chi connectivity index (χ2v) is 5.51. The summed E-state index contributed by atoms with van der Waals surface area (Å²) in [5.74, 6) is 0. The molecule has 0 unspecified atom stereocenters. The molecule has 0 heterocycles. The number of para-hydroxylation sites is 1. The van der Waals surface area contributed by atoms with E-state index in [9.17, 15) is 18.5 Å². The Morgan fingerprint density at radius 3 is 2.61 bits per heavy atom. The van der Waals surface area contributed by atoms with Crippen molar-refractivity contribution < 1.29 is 18.4 Å². The minimum absolute atomic E-state index is 0.158. The quantitative estimate of drug-likeness (QED) is 0.435. The lowest BCUT2D eigenvalue weighted by Crippen LogP contribution is -2.30. The molecule has 9 heteroatoms. The number of likely N-dealkylation sites (N-methyl/N-ethyl adjacent to an activating group) is 1. The van der Waals surface area contributed by atoms with Crippen molar-refractivity contribution in [1.29, 1.82) is 0 Å². The zero-order valence-electron chi connectivity index (χ0n) is 9.61. The molecule has 18 heavy (non-hydrogen) atoms. The van der Waals surface area contributed by atoms with Crippen molar-refractivity contribution in [2.45, 2.75) is 4.90 Å². The van der Waals surface area contributed by atoms with Gasteiger partial charge < -0.3 is 10.8 Å². The van der Waals surface area contributed by atoms with Crippen molar-refractivity contribution in [2.75, 3.05) is 25.9 Å². The zero-order chi connectivity index (χ0) is 13.9. The Morgan fingerprint density at radius 1 is 1.50 bits per heavy atom. The lowest BCUT2D eigenvalue weighted by molar-refractivity contribution is -0.386. The summed E-state index contributed by atoms with van der Waals surface area (Å²) >= 11 is 0. The van der Waals surface area contributed by atoms with Crippen LogP contribution in [0.1, 0.15) is 0 Å². The second-order valence-electron chi connectivity index (χ2n) is 3.50. The molecule has 0 saturated carbocycles. The number of aliphatic hydroxyl groups excluding tert-OH is 1. The van der Waals surface area contributed by atoms with Crippen LogP contribution in [0.5, 0.6) is 0 Å². The molecular formula is C9H13N3O5S. The Balaban J connectivity index is 3.42. The van der Waals surface area contributed by atoms with E-state index in [1.54, 1.807) is 0 Å². The van der Waals surface area contributed by atoms with Crippen LogP contribution >= 0.6 is 0 Å². The minimum Gasteiger partial charge on any atom is -0.395 e. The Hall–Kier alpha value is -1.71. The van der Waals surface area contributed by atoms with Gasteiger partial charge in [-0.2, -0.15) is 4.31 Å². The molecule has 0 fully saturated rings. The van der Waals surface area contributed by atoms with Crippen LogP contribution in [0.2, 0.25) is 0 Å². The summed E-state index contributed by atoms with van der Waals surface area (Å²) < 4.78 is 24.9. The van der Waals surface area contributed by atoms with Crippen LogP contribution in [0, 0.1) is 10.1 Å². The Morgan fingerprint density at radius 2 is 2.11 bits per heavy atom. The maximum absolute atomic E-state index is 12.1. The van der Waals surface area contributed by atoms with Crippen molar-refractivity contribution in [3.8, 4) is 0 Å². The summed E-state index contributed by atoms with van der Waals surface area (Å²) in [5, 5.41) is 19.6. The molecule has 8 nitrogen and oxygen atoms in total. The van der Waals surface area contributed by atoms with Gasteiger partial charge in [-0.25, -0.2) is 8.42 Å². The first-order chi connectivity index (χ1) is 8.32. The molecular weight excluding hydrogens is 262 g/mol. The van der Waals surface area contributed by atoms with Gasteiger partial charge in [-0.05, 0) is 12.1 Å². The molecule has 0 radical (unpaired) electrons. The van der Waals surface area contributed by atoms with Crippen molar-refractivity contribution in [3.63, 3.8) is 0 Å². The highest BCUT2D eigenvalue weighted by atomic mass is 32.2. The van der Waals surface area contributed by atoms with Crippen LogP contribution in [0.3, 0.4) is 0 Å². The second kappa shape index (κ2) is 5.29. The van der Waals surface area contributed by atoms with Gasteiger partial charge in [-0.15, -0.1) is 0 Å². The lowest BCUT2D eigenvalue weighted by Gasteiger charge is -2.16. The Bertz CT molecular complexity index is 557. The molecule has 0 bridgehead atoms. The fourth-order valence-corrected chi connectivity index (χ4v) is 2.72. The van der Waals surface area contributed by atoms with Gasteiger partial charge >= 0.3 is 5.69 Å². The predicted octanol–water partition coefficient (Wildman–Crippen LogP) is -0.210. The summed E-state index contributed by atoms with van der Waals surface area (Å²) in [4.78, 5) is 9.54. The number of nitrogens with zero attached hydrogens (tertiary/aromatic N) is 2. The van der Waals surface area contributed by atoms with E-state index in [0.717, 1.165) is 10.4 Å². The fraction of sp³-hybridized carbons (Fsp3) is 0.333. The number of nitrogen functional groups attached to an aromatic ring is 1. The van der Waals surface area contributed by atoms with Gasteiger partial charge in [0.25, 0.3) is 0 Å². The van der Waals surface area contributed by atoms with Gasteiger partial charge in [0, 0.05) is 13.6 Å². The minimum atomic E-state index is -4.05. The summed E-state index contributed by atoms with van der Waals surface area (Å²) in [5.41, 5.74) is 4.54. The molecule has 1 aromatic rings. The van der Waals surface area contributed by atoms with Gasteiger partial charge in [0.05, 0.1) is 11.5 Å². The van der Waals surface area contributed by atoms with Crippen LogP contribution in [-0.2, 0) is 10.0 Å². The van der Waals surface area contributed by atoms with E-state index in [0.29, 0.717) is 0 Å². The summed E-state index contributed by atoms with van der Waals surface area (Å²) in [7, 11) is -2.83. The standard InChI is InChI=1S/C9H13N3O5S/c1-11(5-6-13)18(16,17)8-4-2-3-7(10)9(8)12(14)15/h2-4,13H,5-6,10H2,1H3. The summed E-state index contributed by atoms with van der Waals surface area (Å²) in [6.07, 6.45) is 0. The number of rotatable bonds is 5. The third-order valence-corrected chi connectivity index (χ3v) is 4.20. The number of aliphatic hydroxyl groups is 1. The van der Waals surface area contributed by atoms with E-state index in [2.05, 4.69) is 0 Å². The van der Waals surface area contributed by atoms with E-state index in [1.807, 2.05) is 0 Å². The smallest absolute Gasteiger partial charge is 0.312 e. The van der Waals surface area contributed by atoms with Gasteiger partial charge in [0.2, 0.25) is 10.0 Å². The molecule has 0 aliphatic rings. The number of nitro benzene ring substituents is 1. The monoisotopic (exact) mass is 275 g/mol. The first kappa shape index (κ1) is 14.4. The van der Waals surface area contributed by atoms with Gasteiger partial charge in [0.15, 0.2) is 4.90 Å². The number of nitrogens with two attached hydrogens (primary N) is 1. The van der Waals surface area contributed by atoms with E-state index >= 15 is 0 Å².